The van der Waals surface area contributed by atoms with E-state index in [1.165, 1.54) is 14.2 Å². The summed E-state index contributed by atoms with van der Waals surface area (Å²) in [6.07, 6.45) is 0. The van der Waals surface area contributed by atoms with Gasteiger partial charge in [-0.3, -0.25) is 4.84 Å². The molecule has 1 aromatic rings. The lowest BCUT2D eigenvalue weighted by molar-refractivity contribution is -0.0260. The molecule has 0 atom stereocenters. The molecule has 0 aliphatic rings. The van der Waals surface area contributed by atoms with E-state index >= 15 is 0 Å². The molecule has 0 amide bonds. The topological polar surface area (TPSA) is 72.6 Å². The maximum atomic E-state index is 11.6. The van der Waals surface area contributed by atoms with Gasteiger partial charge in [-0.25, -0.2) is 8.42 Å². The number of rotatable bonds is 4. The van der Waals surface area contributed by atoms with Gasteiger partial charge in [0, 0.05) is 12.7 Å². The zero-order valence-electron chi connectivity index (χ0n) is 8.67. The molecule has 0 unspecified atom stereocenters. The number of benzene rings is 1. The Bertz CT molecular complexity index is 431. The smallest absolute Gasteiger partial charge is 0.240 e. The van der Waals surface area contributed by atoms with E-state index in [0.717, 1.165) is 4.47 Å². The molecule has 84 valence electrons. The van der Waals surface area contributed by atoms with Crippen LogP contribution in [0.25, 0.3) is 0 Å². The van der Waals surface area contributed by atoms with Crippen molar-refractivity contribution in [3.05, 3.63) is 29.8 Å². The highest BCUT2D eigenvalue weighted by Gasteiger charge is 2.19. The fourth-order valence-electron chi connectivity index (χ4n) is 1.07. The molecule has 0 heterocycles. The van der Waals surface area contributed by atoms with E-state index in [0.29, 0.717) is 11.3 Å². The molecule has 0 aliphatic carbocycles. The van der Waals surface area contributed by atoms with E-state index in [9.17, 15) is 8.42 Å². The van der Waals surface area contributed by atoms with Crippen LogP contribution in [0.3, 0.4) is 0 Å². The minimum Gasteiger partial charge on any atom is -0.398 e. The normalized spacial score (nSPS) is 11.9. The molecule has 1 aromatic carbocycles. The van der Waals surface area contributed by atoms with E-state index in [4.69, 9.17) is 5.73 Å². The Morgan fingerprint density at radius 2 is 2.00 bits per heavy atom. The molecule has 0 aromatic heterocycles. The molecule has 1 rings (SSSR count). The highest BCUT2D eigenvalue weighted by atomic mass is 32.2. The number of nitrogens with zero attached hydrogens (tertiary/aromatic N) is 1. The van der Waals surface area contributed by atoms with Gasteiger partial charge < -0.3 is 5.73 Å². The third kappa shape index (κ3) is 2.92. The molecule has 0 saturated heterocycles. The van der Waals surface area contributed by atoms with Crippen LogP contribution in [0.2, 0.25) is 0 Å². The van der Waals surface area contributed by atoms with Crippen molar-refractivity contribution in [3.8, 4) is 0 Å². The van der Waals surface area contributed by atoms with Crippen molar-refractivity contribution < 1.29 is 13.3 Å². The molecular formula is C9H14N2O3S. The van der Waals surface area contributed by atoms with E-state index in [-0.39, 0.29) is 5.75 Å². The molecule has 0 saturated carbocycles. The van der Waals surface area contributed by atoms with Gasteiger partial charge in [0.2, 0.25) is 10.0 Å². The zero-order chi connectivity index (χ0) is 11.5. The van der Waals surface area contributed by atoms with Crippen molar-refractivity contribution >= 4 is 15.7 Å². The standard InChI is InChI=1S/C9H14N2O3S/c1-11(14-2)15(12,13)7-8-5-3-4-6-9(8)10/h3-6H,7,10H2,1-2H3. The van der Waals surface area contributed by atoms with Crippen molar-refractivity contribution in [2.24, 2.45) is 0 Å². The van der Waals surface area contributed by atoms with Gasteiger partial charge in [0.05, 0.1) is 12.9 Å². The minimum atomic E-state index is -3.45. The summed E-state index contributed by atoms with van der Waals surface area (Å²) in [7, 11) is -0.816. The number of sulfonamides is 1. The van der Waals surface area contributed by atoms with Crippen LogP contribution >= 0.6 is 0 Å². The van der Waals surface area contributed by atoms with E-state index in [1.54, 1.807) is 24.3 Å². The highest BCUT2D eigenvalue weighted by molar-refractivity contribution is 7.88. The molecule has 2 N–H and O–H groups in total. The lowest BCUT2D eigenvalue weighted by atomic mass is 10.2. The van der Waals surface area contributed by atoms with Gasteiger partial charge in [0.1, 0.15) is 0 Å². The molecule has 5 nitrogen and oxygen atoms in total. The Labute approximate surface area is 89.5 Å². The Hall–Kier alpha value is -1.11. The van der Waals surface area contributed by atoms with E-state index in [1.807, 2.05) is 0 Å². The Morgan fingerprint density at radius 3 is 2.53 bits per heavy atom. The van der Waals surface area contributed by atoms with Crippen molar-refractivity contribution in [1.29, 1.82) is 0 Å². The summed E-state index contributed by atoms with van der Waals surface area (Å²) in [5.74, 6) is -0.163. The third-order valence-corrected chi connectivity index (χ3v) is 3.65. The van der Waals surface area contributed by atoms with E-state index < -0.39 is 10.0 Å². The van der Waals surface area contributed by atoms with Crippen molar-refractivity contribution in [1.82, 2.24) is 4.47 Å². The fraction of sp³-hybridized carbons (Fsp3) is 0.333. The second-order valence-electron chi connectivity index (χ2n) is 3.05. The van der Waals surface area contributed by atoms with Crippen LogP contribution in [-0.4, -0.2) is 27.0 Å². The maximum Gasteiger partial charge on any atom is 0.240 e. The molecule has 6 heteroatoms. The summed E-state index contributed by atoms with van der Waals surface area (Å²) in [6.45, 7) is 0. The van der Waals surface area contributed by atoms with Gasteiger partial charge in [-0.2, -0.15) is 0 Å². The summed E-state index contributed by atoms with van der Waals surface area (Å²) in [5, 5.41) is 0. The zero-order valence-corrected chi connectivity index (χ0v) is 9.49. The quantitative estimate of drug-likeness (QED) is 0.607. The number of para-hydroxylation sites is 1. The molecule has 0 radical (unpaired) electrons. The summed E-state index contributed by atoms with van der Waals surface area (Å²) < 4.78 is 24.1. The van der Waals surface area contributed by atoms with Gasteiger partial charge in [-0.15, -0.1) is 0 Å². The first-order valence-corrected chi connectivity index (χ1v) is 5.92. The lowest BCUT2D eigenvalue weighted by Crippen LogP contribution is -2.27. The second kappa shape index (κ2) is 4.61. The average molecular weight is 230 g/mol. The number of hydrogen-bond donors (Lipinski definition) is 1. The van der Waals surface area contributed by atoms with Crippen LogP contribution in [0.5, 0.6) is 0 Å². The maximum absolute atomic E-state index is 11.6. The number of hydrogen-bond acceptors (Lipinski definition) is 4. The predicted octanol–water partition coefficient (Wildman–Crippen LogP) is 0.592. The van der Waals surface area contributed by atoms with Crippen LogP contribution in [0, 0.1) is 0 Å². The predicted molar refractivity (Wildman–Crippen MR) is 58.3 cm³/mol. The first-order chi connectivity index (χ1) is 6.97. The Morgan fingerprint density at radius 1 is 1.40 bits per heavy atom. The third-order valence-electron chi connectivity index (χ3n) is 2.04. The SMILES string of the molecule is CON(C)S(=O)(=O)Cc1ccccc1N. The van der Waals surface area contributed by atoms with Crippen LogP contribution in [0.4, 0.5) is 5.69 Å². The first-order valence-electron chi connectivity index (χ1n) is 4.31. The summed E-state index contributed by atoms with van der Waals surface area (Å²) >= 11 is 0. The van der Waals surface area contributed by atoms with Crippen LogP contribution in [0.15, 0.2) is 24.3 Å². The van der Waals surface area contributed by atoms with Crippen LogP contribution in [-0.2, 0) is 20.6 Å². The van der Waals surface area contributed by atoms with Crippen LogP contribution < -0.4 is 5.73 Å². The molecular weight excluding hydrogens is 216 g/mol. The largest absolute Gasteiger partial charge is 0.398 e. The first kappa shape index (κ1) is 12.0. The molecule has 0 fully saturated rings. The average Bonchev–Trinajstić information content (AvgIpc) is 2.20. The van der Waals surface area contributed by atoms with Gasteiger partial charge in [0.15, 0.2) is 0 Å². The minimum absolute atomic E-state index is 0.163. The van der Waals surface area contributed by atoms with Gasteiger partial charge in [-0.05, 0) is 11.6 Å². The Balaban J connectivity index is 2.92. The molecule has 0 spiro atoms. The van der Waals surface area contributed by atoms with Crippen molar-refractivity contribution in [3.63, 3.8) is 0 Å². The summed E-state index contributed by atoms with van der Waals surface area (Å²) in [4.78, 5) is 4.63. The monoisotopic (exact) mass is 230 g/mol. The molecule has 0 bridgehead atoms. The summed E-state index contributed by atoms with van der Waals surface area (Å²) in [6, 6.07) is 6.84. The van der Waals surface area contributed by atoms with Crippen molar-refractivity contribution in [2.45, 2.75) is 5.75 Å². The van der Waals surface area contributed by atoms with Gasteiger partial charge >= 0.3 is 0 Å². The Kier molecular flexibility index (Phi) is 3.67. The highest BCUT2D eigenvalue weighted by Crippen LogP contribution is 2.15. The van der Waals surface area contributed by atoms with Gasteiger partial charge in [-0.1, -0.05) is 22.7 Å². The number of anilines is 1. The molecule has 0 aliphatic heterocycles. The number of hydroxylamine groups is 1. The van der Waals surface area contributed by atoms with E-state index in [2.05, 4.69) is 4.84 Å². The second-order valence-corrected chi connectivity index (χ2v) is 5.01. The molecule has 15 heavy (non-hydrogen) atoms. The van der Waals surface area contributed by atoms with Gasteiger partial charge in [0.25, 0.3) is 0 Å². The lowest BCUT2D eigenvalue weighted by Gasteiger charge is -2.14. The number of nitrogen functional groups attached to an aromatic ring is 1. The fourth-order valence-corrected chi connectivity index (χ4v) is 2.13. The number of nitrogens with two attached hydrogens (primary N) is 1. The van der Waals surface area contributed by atoms with Crippen molar-refractivity contribution in [2.75, 3.05) is 19.9 Å². The van der Waals surface area contributed by atoms with Crippen LogP contribution in [0.1, 0.15) is 5.56 Å². The summed E-state index contributed by atoms with van der Waals surface area (Å²) in [5.41, 5.74) is 6.68.